The summed E-state index contributed by atoms with van der Waals surface area (Å²) < 4.78 is 5.88. The van der Waals surface area contributed by atoms with E-state index in [1.54, 1.807) is 6.20 Å². The SMILES string of the molecule is CCC(=O)CCCCC[C@H](NC(=O)C(=O)N(C)C)c1ncc(-c2ccccc2)o1. The van der Waals surface area contributed by atoms with Crippen LogP contribution in [0.1, 0.15) is 57.4 Å². The van der Waals surface area contributed by atoms with Crippen LogP contribution >= 0.6 is 0 Å². The first-order valence-electron chi connectivity index (χ1n) is 9.97. The summed E-state index contributed by atoms with van der Waals surface area (Å²) in [5, 5.41) is 2.74. The number of hydrogen-bond donors (Lipinski definition) is 1. The van der Waals surface area contributed by atoms with Gasteiger partial charge in [0.05, 0.1) is 6.20 Å². The molecule has 156 valence electrons. The minimum Gasteiger partial charge on any atom is -0.438 e. The molecule has 1 N–H and O–H groups in total. The van der Waals surface area contributed by atoms with Crippen LogP contribution in [0.2, 0.25) is 0 Å². The lowest BCUT2D eigenvalue weighted by Gasteiger charge is -2.17. The fourth-order valence-electron chi connectivity index (χ4n) is 2.89. The van der Waals surface area contributed by atoms with Crippen molar-refractivity contribution in [2.24, 2.45) is 0 Å². The third-order valence-electron chi connectivity index (χ3n) is 4.63. The molecule has 0 bridgehead atoms. The Hall–Kier alpha value is -2.96. The van der Waals surface area contributed by atoms with Gasteiger partial charge in [-0.15, -0.1) is 0 Å². The molecule has 0 aliphatic heterocycles. The van der Waals surface area contributed by atoms with E-state index in [4.69, 9.17) is 4.42 Å². The van der Waals surface area contributed by atoms with Gasteiger partial charge < -0.3 is 14.6 Å². The number of nitrogens with zero attached hydrogens (tertiary/aromatic N) is 2. The lowest BCUT2D eigenvalue weighted by Crippen LogP contribution is -2.41. The zero-order valence-electron chi connectivity index (χ0n) is 17.3. The van der Waals surface area contributed by atoms with Crippen LogP contribution in [0, 0.1) is 0 Å². The van der Waals surface area contributed by atoms with E-state index in [0.29, 0.717) is 30.9 Å². The molecule has 0 saturated carbocycles. The lowest BCUT2D eigenvalue weighted by atomic mass is 10.0. The quantitative estimate of drug-likeness (QED) is 0.487. The van der Waals surface area contributed by atoms with E-state index >= 15 is 0 Å². The number of nitrogens with one attached hydrogen (secondary N) is 1. The summed E-state index contributed by atoms with van der Waals surface area (Å²) in [4.78, 5) is 41.2. The van der Waals surface area contributed by atoms with Crippen LogP contribution in [0.3, 0.4) is 0 Å². The van der Waals surface area contributed by atoms with Crippen molar-refractivity contribution in [3.8, 4) is 11.3 Å². The minimum atomic E-state index is -0.694. The molecule has 2 aromatic rings. The van der Waals surface area contributed by atoms with E-state index in [1.807, 2.05) is 37.3 Å². The van der Waals surface area contributed by atoms with Gasteiger partial charge in [-0.2, -0.15) is 0 Å². The van der Waals surface area contributed by atoms with Crippen molar-refractivity contribution in [2.45, 2.75) is 51.5 Å². The fraction of sp³-hybridized carbons (Fsp3) is 0.455. The van der Waals surface area contributed by atoms with Gasteiger partial charge in [0.2, 0.25) is 5.89 Å². The van der Waals surface area contributed by atoms with Crippen LogP contribution in [0.5, 0.6) is 0 Å². The number of likely N-dealkylation sites (N-methyl/N-ethyl adjacent to an activating group) is 1. The van der Waals surface area contributed by atoms with Crippen molar-refractivity contribution < 1.29 is 18.8 Å². The number of Topliss-reactive ketones (excluding diaryl/α,β-unsaturated/α-hetero) is 1. The Morgan fingerprint density at radius 3 is 2.48 bits per heavy atom. The van der Waals surface area contributed by atoms with Crippen LogP contribution in [0.15, 0.2) is 40.9 Å². The summed E-state index contributed by atoms with van der Waals surface area (Å²) in [7, 11) is 3.06. The average molecular weight is 399 g/mol. The van der Waals surface area contributed by atoms with Crippen LogP contribution in [-0.4, -0.2) is 41.6 Å². The Labute approximate surface area is 171 Å². The number of ketones is 1. The molecule has 7 heteroatoms. The van der Waals surface area contributed by atoms with Gasteiger partial charge in [-0.25, -0.2) is 4.98 Å². The van der Waals surface area contributed by atoms with Crippen LogP contribution in [-0.2, 0) is 14.4 Å². The highest BCUT2D eigenvalue weighted by Gasteiger charge is 2.24. The van der Waals surface area contributed by atoms with Gasteiger partial charge in [-0.3, -0.25) is 14.4 Å². The summed E-state index contributed by atoms with van der Waals surface area (Å²) in [5.41, 5.74) is 0.888. The molecule has 1 aromatic heterocycles. The summed E-state index contributed by atoms with van der Waals surface area (Å²) in [5.74, 6) is -0.0913. The molecule has 0 unspecified atom stereocenters. The minimum absolute atomic E-state index is 0.256. The van der Waals surface area contributed by atoms with Crippen molar-refractivity contribution in [2.75, 3.05) is 14.1 Å². The molecule has 0 radical (unpaired) electrons. The highest BCUT2D eigenvalue weighted by molar-refractivity contribution is 6.34. The second-order valence-corrected chi connectivity index (χ2v) is 7.15. The molecule has 7 nitrogen and oxygen atoms in total. The van der Waals surface area contributed by atoms with Gasteiger partial charge in [-0.1, -0.05) is 50.1 Å². The first kappa shape index (κ1) is 22.3. The third-order valence-corrected chi connectivity index (χ3v) is 4.63. The number of oxazole rings is 1. The second kappa shape index (κ2) is 11.1. The van der Waals surface area contributed by atoms with Gasteiger partial charge in [0.15, 0.2) is 5.76 Å². The summed E-state index contributed by atoms with van der Waals surface area (Å²) in [6, 6.07) is 9.05. The second-order valence-electron chi connectivity index (χ2n) is 7.15. The number of carbonyl (C=O) groups excluding carboxylic acids is 3. The topological polar surface area (TPSA) is 92.5 Å². The number of hydrogen-bond acceptors (Lipinski definition) is 5. The predicted molar refractivity (Wildman–Crippen MR) is 110 cm³/mol. The Kier molecular flexibility index (Phi) is 8.58. The van der Waals surface area contributed by atoms with Crippen molar-refractivity contribution in [3.63, 3.8) is 0 Å². The smallest absolute Gasteiger partial charge is 0.311 e. The highest BCUT2D eigenvalue weighted by atomic mass is 16.4. The van der Waals surface area contributed by atoms with E-state index in [-0.39, 0.29) is 5.78 Å². The maximum atomic E-state index is 12.2. The molecule has 2 rings (SSSR count). The maximum Gasteiger partial charge on any atom is 0.311 e. The van der Waals surface area contributed by atoms with E-state index in [2.05, 4.69) is 10.3 Å². The summed E-state index contributed by atoms with van der Waals surface area (Å²) >= 11 is 0. The molecule has 29 heavy (non-hydrogen) atoms. The van der Waals surface area contributed by atoms with E-state index in [1.165, 1.54) is 19.0 Å². The van der Waals surface area contributed by atoms with Crippen molar-refractivity contribution in [1.82, 2.24) is 15.2 Å². The molecular weight excluding hydrogens is 370 g/mol. The van der Waals surface area contributed by atoms with Crippen molar-refractivity contribution in [3.05, 3.63) is 42.4 Å². The highest BCUT2D eigenvalue weighted by Crippen LogP contribution is 2.25. The number of unbranched alkanes of at least 4 members (excludes halogenated alkanes) is 2. The number of rotatable bonds is 10. The number of carbonyl (C=O) groups is 3. The number of aromatic nitrogens is 1. The maximum absolute atomic E-state index is 12.2. The lowest BCUT2D eigenvalue weighted by molar-refractivity contribution is -0.144. The molecule has 1 aromatic carbocycles. The molecule has 2 amide bonds. The molecular formula is C22H29N3O4. The zero-order valence-corrected chi connectivity index (χ0v) is 17.3. The van der Waals surface area contributed by atoms with Crippen LogP contribution < -0.4 is 5.32 Å². The Morgan fingerprint density at radius 1 is 1.10 bits per heavy atom. The normalized spacial score (nSPS) is 11.7. The molecule has 1 heterocycles. The van der Waals surface area contributed by atoms with Crippen molar-refractivity contribution >= 4 is 17.6 Å². The summed E-state index contributed by atoms with van der Waals surface area (Å²) in [6.07, 6.45) is 5.77. The molecule has 0 aliphatic rings. The van der Waals surface area contributed by atoms with E-state index < -0.39 is 17.9 Å². The Bertz CT molecular complexity index is 814. The van der Waals surface area contributed by atoms with Crippen molar-refractivity contribution in [1.29, 1.82) is 0 Å². The number of amides is 2. The first-order valence-corrected chi connectivity index (χ1v) is 9.97. The van der Waals surface area contributed by atoms with Gasteiger partial charge >= 0.3 is 11.8 Å². The first-order chi connectivity index (χ1) is 13.9. The van der Waals surface area contributed by atoms with Crippen LogP contribution in [0.4, 0.5) is 0 Å². The predicted octanol–water partition coefficient (Wildman–Crippen LogP) is 3.52. The fourth-order valence-corrected chi connectivity index (χ4v) is 2.89. The van der Waals surface area contributed by atoms with E-state index in [9.17, 15) is 14.4 Å². The molecule has 0 aliphatic carbocycles. The van der Waals surface area contributed by atoms with Gasteiger partial charge in [0.25, 0.3) is 0 Å². The largest absolute Gasteiger partial charge is 0.438 e. The molecule has 0 fully saturated rings. The van der Waals surface area contributed by atoms with Gasteiger partial charge in [0, 0.05) is 32.5 Å². The summed E-state index contributed by atoms with van der Waals surface area (Å²) in [6.45, 7) is 1.86. The Morgan fingerprint density at radius 2 is 1.83 bits per heavy atom. The van der Waals surface area contributed by atoms with Gasteiger partial charge in [0.1, 0.15) is 11.8 Å². The zero-order chi connectivity index (χ0) is 21.2. The van der Waals surface area contributed by atoms with E-state index in [0.717, 1.165) is 24.8 Å². The molecule has 0 saturated heterocycles. The average Bonchev–Trinajstić information content (AvgIpc) is 3.22. The number of benzene rings is 1. The van der Waals surface area contributed by atoms with Crippen LogP contribution in [0.25, 0.3) is 11.3 Å². The molecule has 1 atom stereocenters. The Balaban J connectivity index is 2.06. The third kappa shape index (κ3) is 6.85. The molecule has 0 spiro atoms. The van der Waals surface area contributed by atoms with Gasteiger partial charge in [-0.05, 0) is 12.8 Å². The monoisotopic (exact) mass is 399 g/mol. The standard InChI is InChI=1S/C22H29N3O4/c1-4-17(26)13-9-6-10-14-18(24-20(27)22(28)25(2)3)21-23-15-19(29-21)16-11-7-5-8-12-16/h5,7-8,11-12,15,18H,4,6,9-10,13-14H2,1-3H3,(H,24,27)/t18-/m0/s1.